The van der Waals surface area contributed by atoms with Crippen LogP contribution >= 0.6 is 0 Å². The molecule has 0 aromatic heterocycles. The van der Waals surface area contributed by atoms with Gasteiger partial charge in [-0.15, -0.1) is 0 Å². The highest BCUT2D eigenvalue weighted by molar-refractivity contribution is 5.82. The number of carbonyl (C=O) groups is 2. The first-order chi connectivity index (χ1) is 11.6. The predicted molar refractivity (Wildman–Crippen MR) is 84.1 cm³/mol. The lowest BCUT2D eigenvalue weighted by atomic mass is 10.2. The van der Waals surface area contributed by atoms with Gasteiger partial charge in [0.05, 0.1) is 13.7 Å². The van der Waals surface area contributed by atoms with Crippen LogP contribution in [0.15, 0.2) is 18.2 Å². The fraction of sp³-hybridized carbons (Fsp3) is 0.529. The van der Waals surface area contributed by atoms with Crippen molar-refractivity contribution in [3.8, 4) is 5.75 Å². The molecule has 1 aliphatic heterocycles. The number of esters is 1. The van der Waals surface area contributed by atoms with E-state index in [1.54, 1.807) is 20.8 Å². The predicted octanol–water partition coefficient (Wildman–Crippen LogP) is 2.89. The number of likely N-dealkylation sites (tertiary alicyclic amines) is 1. The van der Waals surface area contributed by atoms with E-state index in [9.17, 15) is 18.4 Å². The monoisotopic (exact) mass is 357 g/mol. The van der Waals surface area contributed by atoms with Crippen LogP contribution in [-0.2, 0) is 14.3 Å². The lowest BCUT2D eigenvalue weighted by Gasteiger charge is -2.27. The van der Waals surface area contributed by atoms with Crippen LogP contribution in [0.25, 0.3) is 0 Å². The van der Waals surface area contributed by atoms with E-state index in [0.717, 1.165) is 12.1 Å². The highest BCUT2D eigenvalue weighted by Crippen LogP contribution is 2.27. The zero-order valence-corrected chi connectivity index (χ0v) is 14.5. The smallest absolute Gasteiger partial charge is 0.411 e. The zero-order valence-electron chi connectivity index (χ0n) is 14.5. The first-order valence-corrected chi connectivity index (χ1v) is 7.80. The first-order valence-electron chi connectivity index (χ1n) is 7.80. The molecule has 0 aliphatic carbocycles. The average molecular weight is 357 g/mol. The summed E-state index contributed by atoms with van der Waals surface area (Å²) in [6.45, 7) is 5.13. The molecule has 2 unspecified atom stereocenters. The number of hydrogen-bond acceptors (Lipinski definition) is 5. The van der Waals surface area contributed by atoms with Crippen molar-refractivity contribution >= 4 is 12.1 Å². The van der Waals surface area contributed by atoms with Gasteiger partial charge in [0.1, 0.15) is 23.6 Å². The SMILES string of the molecule is COC(=O)C1CC(Oc2ccc(F)cc2F)CN1C(=O)OC(C)(C)C. The molecule has 2 rings (SSSR count). The van der Waals surface area contributed by atoms with Gasteiger partial charge in [0.2, 0.25) is 0 Å². The van der Waals surface area contributed by atoms with Gasteiger partial charge in [-0.2, -0.15) is 0 Å². The number of halogens is 2. The van der Waals surface area contributed by atoms with E-state index >= 15 is 0 Å². The molecule has 138 valence electrons. The maximum Gasteiger partial charge on any atom is 0.411 e. The Balaban J connectivity index is 2.14. The zero-order chi connectivity index (χ0) is 18.8. The Kier molecular flexibility index (Phi) is 5.49. The fourth-order valence-corrected chi connectivity index (χ4v) is 2.51. The van der Waals surface area contributed by atoms with Crippen LogP contribution in [0.5, 0.6) is 5.75 Å². The van der Waals surface area contributed by atoms with E-state index in [-0.39, 0.29) is 18.7 Å². The van der Waals surface area contributed by atoms with Crippen LogP contribution in [0.1, 0.15) is 27.2 Å². The highest BCUT2D eigenvalue weighted by Gasteiger charge is 2.43. The Bertz CT molecular complexity index is 659. The molecule has 0 radical (unpaired) electrons. The minimum absolute atomic E-state index is 0.0193. The van der Waals surface area contributed by atoms with E-state index in [2.05, 4.69) is 0 Å². The molecule has 0 saturated carbocycles. The molecule has 1 heterocycles. The molecule has 1 saturated heterocycles. The molecule has 1 aromatic carbocycles. The lowest BCUT2D eigenvalue weighted by molar-refractivity contribution is -0.145. The standard InChI is InChI=1S/C17H21F2NO5/c1-17(2,3)25-16(22)20-9-11(8-13(20)15(21)23-4)24-14-6-5-10(18)7-12(14)19/h5-7,11,13H,8-9H2,1-4H3. The molecule has 0 N–H and O–H groups in total. The molecule has 6 nitrogen and oxygen atoms in total. The van der Waals surface area contributed by atoms with Crippen molar-refractivity contribution in [1.82, 2.24) is 4.90 Å². The van der Waals surface area contributed by atoms with Gasteiger partial charge in [0.25, 0.3) is 0 Å². The summed E-state index contributed by atoms with van der Waals surface area (Å²) in [6.07, 6.45) is -1.23. The van der Waals surface area contributed by atoms with Crippen LogP contribution in [0.4, 0.5) is 13.6 Å². The van der Waals surface area contributed by atoms with Gasteiger partial charge in [0.15, 0.2) is 11.6 Å². The van der Waals surface area contributed by atoms with Crippen LogP contribution < -0.4 is 4.74 Å². The Morgan fingerprint density at radius 2 is 1.92 bits per heavy atom. The summed E-state index contributed by atoms with van der Waals surface area (Å²) in [5.41, 5.74) is -0.736. The number of ether oxygens (including phenoxy) is 3. The summed E-state index contributed by atoms with van der Waals surface area (Å²) >= 11 is 0. The van der Waals surface area contributed by atoms with Crippen molar-refractivity contribution in [3.63, 3.8) is 0 Å². The van der Waals surface area contributed by atoms with Gasteiger partial charge in [-0.3, -0.25) is 4.90 Å². The second kappa shape index (κ2) is 7.25. The number of hydrogen-bond donors (Lipinski definition) is 0. The Labute approximate surface area is 144 Å². The van der Waals surface area contributed by atoms with Gasteiger partial charge in [0, 0.05) is 12.5 Å². The second-order valence-corrected chi connectivity index (χ2v) is 6.72. The summed E-state index contributed by atoms with van der Waals surface area (Å²) in [4.78, 5) is 25.5. The molecule has 25 heavy (non-hydrogen) atoms. The van der Waals surface area contributed by atoms with E-state index in [0.29, 0.717) is 6.07 Å². The normalized spacial score (nSPS) is 20.3. The largest absolute Gasteiger partial charge is 0.485 e. The number of nitrogens with zero attached hydrogens (tertiary/aromatic N) is 1. The van der Waals surface area contributed by atoms with Crippen molar-refractivity contribution in [2.45, 2.75) is 44.9 Å². The van der Waals surface area contributed by atoms with Crippen molar-refractivity contribution < 1.29 is 32.6 Å². The Hall–Kier alpha value is -2.38. The summed E-state index contributed by atoms with van der Waals surface area (Å²) < 4.78 is 42.2. The number of benzene rings is 1. The van der Waals surface area contributed by atoms with E-state index in [1.165, 1.54) is 12.0 Å². The number of carbonyl (C=O) groups excluding carboxylic acids is 2. The molecule has 2 atom stereocenters. The molecule has 1 aliphatic rings. The molecule has 8 heteroatoms. The third-order valence-corrected chi connectivity index (χ3v) is 3.55. The maximum atomic E-state index is 13.7. The second-order valence-electron chi connectivity index (χ2n) is 6.72. The number of amides is 1. The van der Waals surface area contributed by atoms with E-state index in [4.69, 9.17) is 14.2 Å². The first kappa shape index (κ1) is 19.0. The maximum absolute atomic E-state index is 13.7. The fourth-order valence-electron chi connectivity index (χ4n) is 2.51. The number of methoxy groups -OCH3 is 1. The Morgan fingerprint density at radius 3 is 2.48 bits per heavy atom. The quantitative estimate of drug-likeness (QED) is 0.779. The molecule has 1 aromatic rings. The van der Waals surface area contributed by atoms with Crippen LogP contribution in [0.2, 0.25) is 0 Å². The van der Waals surface area contributed by atoms with Gasteiger partial charge in [-0.1, -0.05) is 0 Å². The van der Waals surface area contributed by atoms with Gasteiger partial charge < -0.3 is 14.2 Å². The third kappa shape index (κ3) is 4.80. The molecule has 1 amide bonds. The lowest BCUT2D eigenvalue weighted by Crippen LogP contribution is -2.44. The Morgan fingerprint density at radius 1 is 1.24 bits per heavy atom. The van der Waals surface area contributed by atoms with Gasteiger partial charge in [-0.25, -0.2) is 18.4 Å². The van der Waals surface area contributed by atoms with E-state index < -0.39 is 41.4 Å². The van der Waals surface area contributed by atoms with Gasteiger partial charge in [-0.05, 0) is 32.9 Å². The van der Waals surface area contributed by atoms with Gasteiger partial charge >= 0.3 is 12.1 Å². The van der Waals surface area contributed by atoms with Crippen molar-refractivity contribution in [2.75, 3.05) is 13.7 Å². The topological polar surface area (TPSA) is 65.1 Å². The summed E-state index contributed by atoms with van der Waals surface area (Å²) in [5, 5.41) is 0. The molecule has 0 bridgehead atoms. The van der Waals surface area contributed by atoms with Crippen molar-refractivity contribution in [2.24, 2.45) is 0 Å². The highest BCUT2D eigenvalue weighted by atomic mass is 19.1. The molecule has 0 spiro atoms. The molecular formula is C17H21F2NO5. The summed E-state index contributed by atoms with van der Waals surface area (Å²) in [5.74, 6) is -2.35. The third-order valence-electron chi connectivity index (χ3n) is 3.55. The average Bonchev–Trinajstić information content (AvgIpc) is 2.92. The minimum atomic E-state index is -0.895. The number of rotatable bonds is 3. The molecular weight excluding hydrogens is 336 g/mol. The summed E-state index contributed by atoms with van der Waals surface area (Å²) in [7, 11) is 1.21. The molecule has 1 fully saturated rings. The van der Waals surface area contributed by atoms with Crippen LogP contribution in [-0.4, -0.2) is 48.4 Å². The summed E-state index contributed by atoms with van der Waals surface area (Å²) in [6, 6.07) is 2.03. The minimum Gasteiger partial charge on any atom is -0.485 e. The van der Waals surface area contributed by atoms with Crippen LogP contribution in [0.3, 0.4) is 0 Å². The van der Waals surface area contributed by atoms with Crippen molar-refractivity contribution in [1.29, 1.82) is 0 Å². The van der Waals surface area contributed by atoms with Crippen molar-refractivity contribution in [3.05, 3.63) is 29.8 Å². The van der Waals surface area contributed by atoms with E-state index in [1.807, 2.05) is 0 Å². The van der Waals surface area contributed by atoms with Crippen LogP contribution in [0, 0.1) is 11.6 Å².